The Bertz CT molecular complexity index is 1020. The first kappa shape index (κ1) is 14.6. The zero-order valence-corrected chi connectivity index (χ0v) is 13.8. The van der Waals surface area contributed by atoms with Gasteiger partial charge in [0.1, 0.15) is 0 Å². The van der Waals surface area contributed by atoms with Gasteiger partial charge in [-0.15, -0.1) is 0 Å². The molecule has 0 aliphatic rings. The van der Waals surface area contributed by atoms with Crippen LogP contribution in [0.3, 0.4) is 0 Å². The number of hydrogen-bond acceptors (Lipinski definition) is 2. The second-order valence-corrected chi connectivity index (χ2v) is 6.15. The van der Waals surface area contributed by atoms with Gasteiger partial charge in [-0.05, 0) is 32.0 Å². The highest BCUT2D eigenvalue weighted by molar-refractivity contribution is 5.86. The van der Waals surface area contributed by atoms with E-state index < -0.39 is 0 Å². The van der Waals surface area contributed by atoms with Crippen LogP contribution >= 0.6 is 0 Å². The normalized spacial score (nSPS) is 10.9. The van der Waals surface area contributed by atoms with Gasteiger partial charge in [0.2, 0.25) is 0 Å². The summed E-state index contributed by atoms with van der Waals surface area (Å²) >= 11 is 0. The van der Waals surface area contributed by atoms with Crippen LogP contribution in [0.2, 0.25) is 0 Å². The van der Waals surface area contributed by atoms with Crippen LogP contribution in [0.15, 0.2) is 72.8 Å². The highest BCUT2D eigenvalue weighted by Gasteiger charge is 2.13. The minimum Gasteiger partial charge on any atom is -0.244 e. The van der Waals surface area contributed by atoms with Crippen molar-refractivity contribution in [3.8, 4) is 22.5 Å². The van der Waals surface area contributed by atoms with E-state index in [1.807, 2.05) is 24.3 Å². The lowest BCUT2D eigenvalue weighted by atomic mass is 10.0. The van der Waals surface area contributed by atoms with E-state index in [1.54, 1.807) is 0 Å². The maximum absolute atomic E-state index is 4.92. The average Bonchev–Trinajstić information content (AvgIpc) is 2.61. The second-order valence-electron chi connectivity index (χ2n) is 6.15. The molecule has 0 amide bonds. The van der Waals surface area contributed by atoms with E-state index in [1.165, 1.54) is 11.1 Å². The third-order valence-corrected chi connectivity index (χ3v) is 4.19. The first-order valence-electron chi connectivity index (χ1n) is 8.11. The molecule has 2 heteroatoms. The van der Waals surface area contributed by atoms with E-state index >= 15 is 0 Å². The maximum Gasteiger partial charge on any atom is 0.0973 e. The van der Waals surface area contributed by atoms with Crippen molar-refractivity contribution in [2.75, 3.05) is 0 Å². The molecule has 0 radical (unpaired) electrons. The Labute approximate surface area is 141 Å². The summed E-state index contributed by atoms with van der Waals surface area (Å²) < 4.78 is 0. The minimum atomic E-state index is 0.921. The van der Waals surface area contributed by atoms with E-state index in [2.05, 4.69) is 62.4 Å². The Morgan fingerprint density at radius 1 is 0.542 bits per heavy atom. The lowest BCUT2D eigenvalue weighted by Crippen LogP contribution is -1.95. The van der Waals surface area contributed by atoms with Crippen LogP contribution in [0.25, 0.3) is 33.5 Å². The molecule has 0 saturated carbocycles. The molecule has 3 aromatic carbocycles. The van der Waals surface area contributed by atoms with Crippen molar-refractivity contribution in [2.45, 2.75) is 13.8 Å². The van der Waals surface area contributed by atoms with Crippen LogP contribution in [-0.2, 0) is 0 Å². The number of benzene rings is 3. The fourth-order valence-electron chi connectivity index (χ4n) is 2.91. The third kappa shape index (κ3) is 2.67. The van der Waals surface area contributed by atoms with E-state index in [-0.39, 0.29) is 0 Å². The molecule has 0 bridgehead atoms. The number of para-hydroxylation sites is 2. The van der Waals surface area contributed by atoms with E-state index in [0.29, 0.717) is 0 Å². The molecule has 0 aliphatic heterocycles. The lowest BCUT2D eigenvalue weighted by molar-refractivity contribution is 1.28. The van der Waals surface area contributed by atoms with Crippen molar-refractivity contribution >= 4 is 11.0 Å². The summed E-state index contributed by atoms with van der Waals surface area (Å²) in [6.07, 6.45) is 0. The second kappa shape index (κ2) is 5.89. The molecule has 116 valence electrons. The van der Waals surface area contributed by atoms with Gasteiger partial charge >= 0.3 is 0 Å². The first-order valence-corrected chi connectivity index (χ1v) is 8.11. The summed E-state index contributed by atoms with van der Waals surface area (Å²) in [5, 5.41) is 0. The molecule has 0 atom stereocenters. The Balaban J connectivity index is 2.02. The average molecular weight is 310 g/mol. The minimum absolute atomic E-state index is 0.921. The molecule has 1 heterocycles. The van der Waals surface area contributed by atoms with Gasteiger partial charge in [0.15, 0.2) is 0 Å². The molecule has 0 spiro atoms. The molecule has 4 rings (SSSR count). The summed E-state index contributed by atoms with van der Waals surface area (Å²) in [6, 6.07) is 24.9. The Hall–Kier alpha value is -3.00. The van der Waals surface area contributed by atoms with Gasteiger partial charge in [0.05, 0.1) is 22.4 Å². The molecule has 0 saturated heterocycles. The molecule has 0 N–H and O–H groups in total. The van der Waals surface area contributed by atoms with Crippen LogP contribution in [0.1, 0.15) is 11.1 Å². The predicted octanol–water partition coefficient (Wildman–Crippen LogP) is 5.58. The summed E-state index contributed by atoms with van der Waals surface area (Å²) in [4.78, 5) is 9.84. The van der Waals surface area contributed by atoms with Gasteiger partial charge in [-0.1, -0.05) is 65.7 Å². The Morgan fingerprint density at radius 3 is 1.79 bits per heavy atom. The van der Waals surface area contributed by atoms with E-state index in [9.17, 15) is 0 Å². The number of aromatic nitrogens is 2. The van der Waals surface area contributed by atoms with Gasteiger partial charge in [-0.25, -0.2) is 9.97 Å². The summed E-state index contributed by atoms with van der Waals surface area (Å²) in [6.45, 7) is 4.20. The molecule has 24 heavy (non-hydrogen) atoms. The molecule has 2 nitrogen and oxygen atoms in total. The van der Waals surface area contributed by atoms with Crippen molar-refractivity contribution in [3.05, 3.63) is 83.9 Å². The van der Waals surface area contributed by atoms with Gasteiger partial charge < -0.3 is 0 Å². The highest BCUT2D eigenvalue weighted by atomic mass is 14.8. The van der Waals surface area contributed by atoms with Crippen LogP contribution in [0, 0.1) is 13.8 Å². The predicted molar refractivity (Wildman–Crippen MR) is 99.9 cm³/mol. The van der Waals surface area contributed by atoms with Crippen LogP contribution in [0.5, 0.6) is 0 Å². The van der Waals surface area contributed by atoms with Crippen LogP contribution in [-0.4, -0.2) is 9.97 Å². The zero-order chi connectivity index (χ0) is 16.5. The van der Waals surface area contributed by atoms with Crippen molar-refractivity contribution in [1.29, 1.82) is 0 Å². The number of aryl methyl sites for hydroxylation is 2. The molecule has 1 aromatic heterocycles. The van der Waals surface area contributed by atoms with Crippen molar-refractivity contribution in [1.82, 2.24) is 9.97 Å². The van der Waals surface area contributed by atoms with Crippen molar-refractivity contribution in [3.63, 3.8) is 0 Å². The molecular weight excluding hydrogens is 292 g/mol. The van der Waals surface area contributed by atoms with Crippen LogP contribution < -0.4 is 0 Å². The molecule has 0 aliphatic carbocycles. The zero-order valence-electron chi connectivity index (χ0n) is 13.8. The fourth-order valence-corrected chi connectivity index (χ4v) is 2.91. The largest absolute Gasteiger partial charge is 0.244 e. The number of nitrogens with zero attached hydrogens (tertiary/aromatic N) is 2. The molecular formula is C22H18N2. The highest BCUT2D eigenvalue weighted by Crippen LogP contribution is 2.31. The van der Waals surface area contributed by atoms with Crippen molar-refractivity contribution < 1.29 is 0 Å². The smallest absolute Gasteiger partial charge is 0.0973 e. The Morgan fingerprint density at radius 2 is 1.17 bits per heavy atom. The van der Waals surface area contributed by atoms with E-state index in [4.69, 9.17) is 9.97 Å². The third-order valence-electron chi connectivity index (χ3n) is 4.19. The van der Waals surface area contributed by atoms with Gasteiger partial charge in [-0.3, -0.25) is 0 Å². The number of fused-ring (bicyclic) bond motifs is 1. The monoisotopic (exact) mass is 310 g/mol. The lowest BCUT2D eigenvalue weighted by Gasteiger charge is -2.11. The summed E-state index contributed by atoms with van der Waals surface area (Å²) in [5.41, 5.74) is 8.36. The number of hydrogen-bond donors (Lipinski definition) is 0. The quantitative estimate of drug-likeness (QED) is 0.483. The molecule has 4 aromatic rings. The molecule has 0 unspecified atom stereocenters. The Kier molecular flexibility index (Phi) is 3.58. The maximum atomic E-state index is 4.92. The standard InChI is InChI=1S/C22H18N2/c1-15-10-12-17(13-11-15)21-22(18-7-5-6-16(2)14-18)24-20-9-4-3-8-19(20)23-21/h3-14H,1-2H3. The summed E-state index contributed by atoms with van der Waals surface area (Å²) in [7, 11) is 0. The number of rotatable bonds is 2. The topological polar surface area (TPSA) is 25.8 Å². The fraction of sp³-hybridized carbons (Fsp3) is 0.0909. The molecule has 0 fully saturated rings. The van der Waals surface area contributed by atoms with Gasteiger partial charge in [0, 0.05) is 11.1 Å². The first-order chi connectivity index (χ1) is 11.7. The summed E-state index contributed by atoms with van der Waals surface area (Å²) in [5.74, 6) is 0. The SMILES string of the molecule is Cc1ccc(-c2nc3ccccc3nc2-c2cccc(C)c2)cc1. The van der Waals surface area contributed by atoms with Gasteiger partial charge in [-0.2, -0.15) is 0 Å². The van der Waals surface area contributed by atoms with Crippen molar-refractivity contribution in [2.24, 2.45) is 0 Å². The van der Waals surface area contributed by atoms with Gasteiger partial charge in [0.25, 0.3) is 0 Å². The van der Waals surface area contributed by atoms with E-state index in [0.717, 1.165) is 33.5 Å². The van der Waals surface area contributed by atoms with Crippen LogP contribution in [0.4, 0.5) is 0 Å².